The van der Waals surface area contributed by atoms with E-state index in [1.165, 1.54) is 19.3 Å². The van der Waals surface area contributed by atoms with E-state index in [0.29, 0.717) is 20.6 Å². The number of benzene rings is 1. The summed E-state index contributed by atoms with van der Waals surface area (Å²) >= 11 is 0. The van der Waals surface area contributed by atoms with E-state index >= 15 is 0 Å². The molecule has 0 N–H and O–H groups in total. The fraction of sp³-hybridized carbons (Fsp3) is 0.697. The van der Waals surface area contributed by atoms with Gasteiger partial charge in [0.2, 0.25) is 0 Å². The number of hydrogen-bond donors (Lipinski definition) is 0. The Kier molecular flexibility index (Phi) is 15.2. The topological polar surface area (TPSA) is 9.23 Å². The monoisotopic (exact) mass is 780 g/mol. The van der Waals surface area contributed by atoms with Crippen LogP contribution in [0.4, 0.5) is 25.2 Å². The van der Waals surface area contributed by atoms with Gasteiger partial charge in [-0.05, 0) is 126 Å². The summed E-state index contributed by atoms with van der Waals surface area (Å²) in [6.07, 6.45) is 13.1. The molecule has 1 aromatic rings. The Morgan fingerprint density at radius 1 is 0.568 bits per heavy atom. The zero-order chi connectivity index (χ0) is 33.8. The summed E-state index contributed by atoms with van der Waals surface area (Å²) in [5.41, 5.74) is 0. The predicted molar refractivity (Wildman–Crippen MR) is 185 cm³/mol. The van der Waals surface area contributed by atoms with Gasteiger partial charge in [0.1, 0.15) is 10.6 Å². The van der Waals surface area contributed by atoms with Crippen molar-refractivity contribution >= 4 is 34.3 Å². The molecule has 1 fully saturated rings. The number of rotatable bonds is 2. The summed E-state index contributed by atoms with van der Waals surface area (Å²) in [5, 5.41) is 4.79. The van der Waals surface area contributed by atoms with Gasteiger partial charge < -0.3 is 4.74 Å². The molecule has 1 saturated heterocycles. The molecule has 0 amide bonds. The standard InChI is InChI=1S/C22H40P2.C7H8.C4H8O.F6P.Rh/c1-19(2,3)23(20(4,5)6)17-15-13-14-16-18(17)24(21(7,8)9)22(10,11)12;1-2-7-4-3-6(1)5-7;1-2-4-5-3-1;1-7(2,3,4,5)6;/h13-16H,1-12H3;1-4,6-7H,5H2;1-4H2;;/q;;;-1;/p+2. The van der Waals surface area contributed by atoms with Crippen molar-refractivity contribution in [2.45, 2.75) is 123 Å². The summed E-state index contributed by atoms with van der Waals surface area (Å²) in [5.74, 6) is 1.62. The maximum absolute atomic E-state index is 10.7. The van der Waals surface area contributed by atoms with Crippen molar-refractivity contribution in [1.82, 2.24) is 0 Å². The minimum absolute atomic E-state index is 0. The normalized spacial score (nSPS) is 21.3. The smallest absolute Gasteiger partial charge is 0 e. The molecule has 0 saturated carbocycles. The van der Waals surface area contributed by atoms with Gasteiger partial charge in [-0.2, -0.15) is 0 Å². The molecule has 0 aromatic heterocycles. The maximum Gasteiger partial charge on any atom is 0 e. The number of allylic oxidation sites excluding steroid dienone is 4. The quantitative estimate of drug-likeness (QED) is 0.126. The van der Waals surface area contributed by atoms with E-state index in [1.807, 2.05) is 0 Å². The van der Waals surface area contributed by atoms with Gasteiger partial charge in [-0.3, -0.25) is 0 Å². The van der Waals surface area contributed by atoms with E-state index < -0.39 is 23.7 Å². The van der Waals surface area contributed by atoms with Crippen molar-refractivity contribution in [3.8, 4) is 0 Å². The Labute approximate surface area is 279 Å². The summed E-state index contributed by atoms with van der Waals surface area (Å²) in [6, 6.07) is 9.46. The average molecular weight is 781 g/mol. The molecule has 1 heterocycles. The van der Waals surface area contributed by atoms with Gasteiger partial charge in [0.25, 0.3) is 0 Å². The first kappa shape index (κ1) is 44.2. The molecule has 2 aliphatic carbocycles. The van der Waals surface area contributed by atoms with E-state index in [1.54, 1.807) is 10.6 Å². The second-order valence-corrected chi connectivity index (χ2v) is 26.4. The van der Waals surface area contributed by atoms with Gasteiger partial charge in [0.15, 0.2) is 0 Å². The molecule has 4 rings (SSSR count). The molecule has 1 radical (unpaired) electrons. The third-order valence-electron chi connectivity index (χ3n) is 7.05. The van der Waals surface area contributed by atoms with Gasteiger partial charge in [0.05, 0.1) is 20.6 Å². The van der Waals surface area contributed by atoms with Crippen LogP contribution < -0.4 is 10.6 Å². The van der Waals surface area contributed by atoms with Crippen LogP contribution in [0.1, 0.15) is 102 Å². The van der Waals surface area contributed by atoms with Crippen molar-refractivity contribution in [2.24, 2.45) is 11.8 Å². The molecule has 0 atom stereocenters. The van der Waals surface area contributed by atoms with Crippen LogP contribution in [0.25, 0.3) is 0 Å². The first-order valence-corrected chi connectivity index (χ1v) is 20.3. The van der Waals surface area contributed by atoms with Crippen molar-refractivity contribution < 1.29 is 49.4 Å². The number of fused-ring (bicyclic) bond motifs is 2. The minimum Gasteiger partial charge on any atom is 0 e. The summed E-state index contributed by atoms with van der Waals surface area (Å²) in [7, 11) is -12.1. The van der Waals surface area contributed by atoms with Crippen LogP contribution in [0, 0.1) is 11.8 Å². The van der Waals surface area contributed by atoms with Crippen molar-refractivity contribution in [1.29, 1.82) is 0 Å². The molecule has 261 valence electrons. The van der Waals surface area contributed by atoms with Crippen molar-refractivity contribution in [3.05, 3.63) is 48.6 Å². The van der Waals surface area contributed by atoms with E-state index in [9.17, 15) is 25.2 Å². The van der Waals surface area contributed by atoms with E-state index in [2.05, 4.69) is 132 Å². The Hall–Kier alpha value is 0.153. The zero-order valence-corrected chi connectivity index (χ0v) is 33.3. The molecule has 1 aromatic carbocycles. The summed E-state index contributed by atoms with van der Waals surface area (Å²) in [6.45, 7) is 31.4. The van der Waals surface area contributed by atoms with Gasteiger partial charge in [-0.25, -0.2) is 0 Å². The fourth-order valence-electron chi connectivity index (χ4n) is 6.62. The zero-order valence-electron chi connectivity index (χ0n) is 28.8. The number of ether oxygens (including phenoxy) is 1. The van der Waals surface area contributed by atoms with Crippen LogP contribution in [-0.2, 0) is 24.2 Å². The van der Waals surface area contributed by atoms with E-state index in [0.717, 1.165) is 25.0 Å². The van der Waals surface area contributed by atoms with E-state index in [-0.39, 0.29) is 19.5 Å². The van der Waals surface area contributed by atoms with Gasteiger partial charge >= 0.3 is 33.0 Å². The summed E-state index contributed by atoms with van der Waals surface area (Å²) < 4.78 is 64.1. The number of hydrogen-bond acceptors (Lipinski definition) is 1. The Bertz CT molecular complexity index is 963. The molecular formula is C33H58F6OP3Rh+. The van der Waals surface area contributed by atoms with Crippen LogP contribution in [0.5, 0.6) is 0 Å². The molecule has 2 bridgehead atoms. The van der Waals surface area contributed by atoms with E-state index in [4.69, 9.17) is 4.74 Å². The molecule has 44 heavy (non-hydrogen) atoms. The van der Waals surface area contributed by atoms with Crippen LogP contribution in [0.2, 0.25) is 0 Å². The molecule has 0 spiro atoms. The third-order valence-corrected chi connectivity index (χ3v) is 15.2. The summed E-state index contributed by atoms with van der Waals surface area (Å²) in [4.78, 5) is 0. The van der Waals surface area contributed by atoms with Gasteiger partial charge in [-0.15, -0.1) is 0 Å². The van der Waals surface area contributed by atoms with Gasteiger partial charge in [0, 0.05) is 48.5 Å². The minimum atomic E-state index is -10.7. The molecule has 0 unspecified atom stereocenters. The van der Waals surface area contributed by atoms with Crippen LogP contribution in [0.3, 0.4) is 0 Å². The Morgan fingerprint density at radius 3 is 0.955 bits per heavy atom. The average Bonchev–Trinajstić information content (AvgIpc) is 3.51. The molecule has 11 heteroatoms. The second kappa shape index (κ2) is 15.1. The van der Waals surface area contributed by atoms with Crippen LogP contribution in [-0.4, -0.2) is 33.8 Å². The first-order valence-electron chi connectivity index (χ1n) is 15.2. The Balaban J connectivity index is 0.000000734. The molecule has 3 aliphatic rings. The van der Waals surface area contributed by atoms with Gasteiger partial charge in [-0.1, -0.05) is 36.4 Å². The van der Waals surface area contributed by atoms with Crippen molar-refractivity contribution in [3.63, 3.8) is 0 Å². The second-order valence-electron chi connectivity index (χ2n) is 15.9. The predicted octanol–water partition coefficient (Wildman–Crippen LogP) is 12.5. The number of halogens is 6. The fourth-order valence-corrected chi connectivity index (χ4v) is 16.3. The van der Waals surface area contributed by atoms with Crippen LogP contribution >= 0.6 is 23.7 Å². The first-order chi connectivity index (χ1) is 18.9. The third kappa shape index (κ3) is 18.5. The SMILES string of the molecule is C1=CC2C=CC1C2.C1CCOC1.CC(C)(C)[PH+](c1ccccc1[PH+](C(C)(C)C)C(C)(C)C)C(C)(C)C.F[P-](F)(F)(F)(F)F.[Rh]. The molecular weight excluding hydrogens is 722 g/mol. The van der Waals surface area contributed by atoms with Crippen LogP contribution in [0.15, 0.2) is 48.6 Å². The molecule has 1 nitrogen and oxygen atoms in total. The Morgan fingerprint density at radius 2 is 0.818 bits per heavy atom. The largest absolute Gasteiger partial charge is 0 e. The molecule has 1 aliphatic heterocycles. The maximum atomic E-state index is 9.87. The van der Waals surface area contributed by atoms with Crippen molar-refractivity contribution in [2.75, 3.05) is 13.2 Å².